The Hall–Kier alpha value is -0.680. The van der Waals surface area contributed by atoms with E-state index in [2.05, 4.69) is 0 Å². The number of benzene rings is 1. The number of rotatable bonds is 3. The van der Waals surface area contributed by atoms with Gasteiger partial charge in [0.15, 0.2) is 11.5 Å². The van der Waals surface area contributed by atoms with Crippen LogP contribution in [0, 0.1) is 5.92 Å². The molecule has 0 bridgehead atoms. The van der Waals surface area contributed by atoms with Crippen LogP contribution in [0.4, 0.5) is 0 Å². The lowest BCUT2D eigenvalue weighted by molar-refractivity contribution is 0.122. The standard InChI is InChI=1S/C12H14ClNO3.ClH/c13-8-4-10-9(16-5-17-10)3-7(8)11(14)12(15)6-1-2-6;/h3-4,6,11-12,15H,1-2,5,14H2;1H/t11-,12+;/m0./s1. The Balaban J connectivity index is 0.00000120. The van der Waals surface area contributed by atoms with Gasteiger partial charge in [-0.2, -0.15) is 0 Å². The molecule has 1 heterocycles. The van der Waals surface area contributed by atoms with Gasteiger partial charge in [-0.3, -0.25) is 0 Å². The lowest BCUT2D eigenvalue weighted by atomic mass is 9.98. The van der Waals surface area contributed by atoms with Crippen molar-refractivity contribution in [1.29, 1.82) is 0 Å². The Bertz CT molecular complexity index is 451. The van der Waals surface area contributed by atoms with Crippen molar-refractivity contribution >= 4 is 24.0 Å². The van der Waals surface area contributed by atoms with Crippen LogP contribution in [0.25, 0.3) is 0 Å². The smallest absolute Gasteiger partial charge is 0.231 e. The maximum absolute atomic E-state index is 10.0. The fourth-order valence-corrected chi connectivity index (χ4v) is 2.38. The largest absolute Gasteiger partial charge is 0.454 e. The summed E-state index contributed by atoms with van der Waals surface area (Å²) in [5.41, 5.74) is 6.76. The molecule has 6 heteroatoms. The molecule has 4 nitrogen and oxygen atoms in total. The number of ether oxygens (including phenoxy) is 2. The van der Waals surface area contributed by atoms with E-state index in [4.69, 9.17) is 26.8 Å². The predicted molar refractivity (Wildman–Crippen MR) is 70.5 cm³/mol. The zero-order valence-corrected chi connectivity index (χ0v) is 11.2. The average Bonchev–Trinajstić information content (AvgIpc) is 3.06. The molecule has 0 unspecified atom stereocenters. The van der Waals surface area contributed by atoms with Gasteiger partial charge in [-0.05, 0) is 30.4 Å². The number of halogens is 2. The summed E-state index contributed by atoms with van der Waals surface area (Å²) in [5.74, 6) is 1.58. The molecule has 2 aliphatic rings. The second-order valence-electron chi connectivity index (χ2n) is 4.58. The van der Waals surface area contributed by atoms with E-state index in [-0.39, 0.29) is 19.2 Å². The first-order valence-electron chi connectivity index (χ1n) is 5.69. The van der Waals surface area contributed by atoms with Crippen molar-refractivity contribution in [1.82, 2.24) is 0 Å². The van der Waals surface area contributed by atoms with Gasteiger partial charge in [0, 0.05) is 11.1 Å². The van der Waals surface area contributed by atoms with Gasteiger partial charge < -0.3 is 20.3 Å². The lowest BCUT2D eigenvalue weighted by Gasteiger charge is -2.20. The average molecular weight is 292 g/mol. The van der Waals surface area contributed by atoms with Crippen LogP contribution in [0.2, 0.25) is 5.02 Å². The molecular formula is C12H15Cl2NO3. The van der Waals surface area contributed by atoms with Crippen LogP contribution in [-0.4, -0.2) is 18.0 Å². The van der Waals surface area contributed by atoms with Crippen LogP contribution in [0.3, 0.4) is 0 Å². The molecule has 1 saturated carbocycles. The Morgan fingerprint density at radius 1 is 1.28 bits per heavy atom. The van der Waals surface area contributed by atoms with Crippen LogP contribution in [0.1, 0.15) is 24.4 Å². The number of aliphatic hydroxyl groups excluding tert-OH is 1. The minimum Gasteiger partial charge on any atom is -0.454 e. The van der Waals surface area contributed by atoms with Crippen molar-refractivity contribution in [2.45, 2.75) is 25.0 Å². The van der Waals surface area contributed by atoms with Gasteiger partial charge in [-0.25, -0.2) is 0 Å². The van der Waals surface area contributed by atoms with Crippen molar-refractivity contribution < 1.29 is 14.6 Å². The van der Waals surface area contributed by atoms with E-state index in [1.54, 1.807) is 12.1 Å². The first-order valence-corrected chi connectivity index (χ1v) is 6.07. The summed E-state index contributed by atoms with van der Waals surface area (Å²) < 4.78 is 10.5. The Labute approximate surface area is 116 Å². The zero-order chi connectivity index (χ0) is 12.0. The zero-order valence-electron chi connectivity index (χ0n) is 9.64. The van der Waals surface area contributed by atoms with Gasteiger partial charge in [0.2, 0.25) is 6.79 Å². The highest BCUT2D eigenvalue weighted by Gasteiger charge is 2.35. The third kappa shape index (κ3) is 2.38. The second-order valence-corrected chi connectivity index (χ2v) is 4.99. The Morgan fingerprint density at radius 3 is 2.50 bits per heavy atom. The highest BCUT2D eigenvalue weighted by molar-refractivity contribution is 6.31. The van der Waals surface area contributed by atoms with Gasteiger partial charge in [0.1, 0.15) is 0 Å². The molecule has 3 N–H and O–H groups in total. The summed E-state index contributed by atoms with van der Waals surface area (Å²) in [6.07, 6.45) is 1.54. The SMILES string of the molecule is Cl.N[C@@H](c1cc2c(cc1Cl)OCO2)[C@H](O)C1CC1. The van der Waals surface area contributed by atoms with Crippen LogP contribution in [0.15, 0.2) is 12.1 Å². The van der Waals surface area contributed by atoms with E-state index < -0.39 is 12.1 Å². The van der Waals surface area contributed by atoms with Gasteiger partial charge >= 0.3 is 0 Å². The van der Waals surface area contributed by atoms with Crippen molar-refractivity contribution in [3.05, 3.63) is 22.7 Å². The fourth-order valence-electron chi connectivity index (χ4n) is 2.10. The molecular weight excluding hydrogens is 277 g/mol. The first kappa shape index (κ1) is 13.7. The van der Waals surface area contributed by atoms with Gasteiger partial charge in [-0.1, -0.05) is 11.6 Å². The molecule has 1 aromatic carbocycles. The molecule has 2 atom stereocenters. The monoisotopic (exact) mass is 291 g/mol. The van der Waals surface area contributed by atoms with Crippen molar-refractivity contribution in [3.8, 4) is 11.5 Å². The molecule has 1 aliphatic heterocycles. The maximum Gasteiger partial charge on any atom is 0.231 e. The molecule has 3 rings (SSSR count). The molecule has 1 fully saturated rings. The maximum atomic E-state index is 10.0. The number of fused-ring (bicyclic) bond motifs is 1. The number of aliphatic hydroxyl groups is 1. The molecule has 0 spiro atoms. The third-order valence-corrected chi connectivity index (χ3v) is 3.65. The summed E-state index contributed by atoms with van der Waals surface area (Å²) in [6, 6.07) is 2.99. The van der Waals surface area contributed by atoms with Crippen molar-refractivity contribution in [2.75, 3.05) is 6.79 Å². The van der Waals surface area contributed by atoms with Gasteiger partial charge in [0.25, 0.3) is 0 Å². The number of nitrogens with two attached hydrogens (primary N) is 1. The van der Waals surface area contributed by atoms with Crippen molar-refractivity contribution in [3.63, 3.8) is 0 Å². The topological polar surface area (TPSA) is 64.7 Å². The summed E-state index contributed by atoms with van der Waals surface area (Å²) in [6.45, 7) is 0.204. The molecule has 18 heavy (non-hydrogen) atoms. The van der Waals surface area contributed by atoms with Crippen LogP contribution in [0.5, 0.6) is 11.5 Å². The van der Waals surface area contributed by atoms with Crippen LogP contribution >= 0.6 is 24.0 Å². The second kappa shape index (κ2) is 5.13. The van der Waals surface area contributed by atoms with Crippen LogP contribution in [-0.2, 0) is 0 Å². The molecule has 100 valence electrons. The predicted octanol–water partition coefficient (Wildman–Crippen LogP) is 2.26. The molecule has 1 aromatic rings. The first-order chi connectivity index (χ1) is 8.16. The summed E-state index contributed by atoms with van der Waals surface area (Å²) >= 11 is 6.15. The van der Waals surface area contributed by atoms with E-state index in [0.29, 0.717) is 22.4 Å². The highest BCUT2D eigenvalue weighted by Crippen LogP contribution is 2.42. The summed E-state index contributed by atoms with van der Waals surface area (Å²) in [7, 11) is 0. The third-order valence-electron chi connectivity index (χ3n) is 3.32. The van der Waals surface area contributed by atoms with E-state index in [1.807, 2.05) is 0 Å². The number of hydrogen-bond donors (Lipinski definition) is 2. The molecule has 0 amide bonds. The fraction of sp³-hybridized carbons (Fsp3) is 0.500. The molecule has 1 aliphatic carbocycles. The molecule has 0 aromatic heterocycles. The molecule has 0 radical (unpaired) electrons. The summed E-state index contributed by atoms with van der Waals surface area (Å²) in [5, 5.41) is 10.5. The quantitative estimate of drug-likeness (QED) is 0.897. The van der Waals surface area contributed by atoms with E-state index in [9.17, 15) is 5.11 Å². The van der Waals surface area contributed by atoms with Gasteiger partial charge in [-0.15, -0.1) is 12.4 Å². The van der Waals surface area contributed by atoms with E-state index >= 15 is 0 Å². The summed E-state index contributed by atoms with van der Waals surface area (Å²) in [4.78, 5) is 0. The molecule has 0 saturated heterocycles. The van der Waals surface area contributed by atoms with Gasteiger partial charge in [0.05, 0.1) is 12.1 Å². The van der Waals surface area contributed by atoms with E-state index in [0.717, 1.165) is 18.4 Å². The normalized spacial score (nSPS) is 20.2. The minimum absolute atomic E-state index is 0. The Morgan fingerprint density at radius 2 is 1.89 bits per heavy atom. The Kier molecular flexibility index (Phi) is 3.92. The van der Waals surface area contributed by atoms with E-state index in [1.165, 1.54) is 0 Å². The number of hydrogen-bond acceptors (Lipinski definition) is 4. The van der Waals surface area contributed by atoms with Crippen LogP contribution < -0.4 is 15.2 Å². The van der Waals surface area contributed by atoms with Crippen molar-refractivity contribution in [2.24, 2.45) is 11.7 Å². The minimum atomic E-state index is -0.534. The lowest BCUT2D eigenvalue weighted by Crippen LogP contribution is -2.28. The highest BCUT2D eigenvalue weighted by atomic mass is 35.5.